The monoisotopic (exact) mass is 415 g/mol. The third kappa shape index (κ3) is 5.54. The second-order valence-corrected chi connectivity index (χ2v) is 7.82. The summed E-state index contributed by atoms with van der Waals surface area (Å²) in [5.74, 6) is 0.819. The third-order valence-corrected chi connectivity index (χ3v) is 5.61. The number of benzene rings is 2. The molecule has 0 radical (unpaired) electrons. The standard InChI is InChI=1S/C25H29N5O/c1-26-25(28-22-14-16-29(19-22)23-7-3-2-4-8-23)27-17-20-10-12-21(13-11-20)18-30-15-6-5-9-24(30)31/h2-13,15,22H,14,16-19H2,1H3,(H2,26,27,28). The van der Waals surface area contributed by atoms with E-state index in [4.69, 9.17) is 0 Å². The van der Waals surface area contributed by atoms with Crippen LogP contribution in [0.15, 0.2) is 88.8 Å². The van der Waals surface area contributed by atoms with Crippen LogP contribution in [0.4, 0.5) is 5.69 Å². The fourth-order valence-corrected chi connectivity index (χ4v) is 3.88. The Labute approximate surface area is 183 Å². The van der Waals surface area contributed by atoms with Crippen LogP contribution in [-0.2, 0) is 13.1 Å². The van der Waals surface area contributed by atoms with E-state index in [2.05, 4.69) is 75.1 Å². The summed E-state index contributed by atoms with van der Waals surface area (Å²) in [6.45, 7) is 3.29. The van der Waals surface area contributed by atoms with Crippen molar-refractivity contribution in [2.75, 3.05) is 25.0 Å². The lowest BCUT2D eigenvalue weighted by Crippen LogP contribution is -2.44. The number of guanidine groups is 1. The predicted octanol–water partition coefficient (Wildman–Crippen LogP) is 2.84. The Kier molecular flexibility index (Phi) is 6.67. The molecular formula is C25H29N5O. The van der Waals surface area contributed by atoms with Gasteiger partial charge in [0.2, 0.25) is 0 Å². The van der Waals surface area contributed by atoms with Gasteiger partial charge in [0.1, 0.15) is 0 Å². The molecule has 1 fully saturated rings. The van der Waals surface area contributed by atoms with Crippen molar-refractivity contribution in [3.05, 3.63) is 100 Å². The zero-order valence-corrected chi connectivity index (χ0v) is 17.9. The largest absolute Gasteiger partial charge is 0.369 e. The third-order valence-electron chi connectivity index (χ3n) is 5.61. The van der Waals surface area contributed by atoms with Crippen LogP contribution in [0.3, 0.4) is 0 Å². The van der Waals surface area contributed by atoms with Gasteiger partial charge in [0.05, 0.1) is 6.54 Å². The summed E-state index contributed by atoms with van der Waals surface area (Å²) in [6, 6.07) is 24.5. The van der Waals surface area contributed by atoms with Gasteiger partial charge in [-0.25, -0.2) is 0 Å². The number of nitrogens with zero attached hydrogens (tertiary/aromatic N) is 3. The van der Waals surface area contributed by atoms with Gasteiger partial charge in [-0.3, -0.25) is 9.79 Å². The summed E-state index contributed by atoms with van der Waals surface area (Å²) < 4.78 is 1.71. The molecule has 0 amide bonds. The molecule has 0 saturated carbocycles. The Morgan fingerprint density at radius 3 is 2.48 bits per heavy atom. The van der Waals surface area contributed by atoms with Gasteiger partial charge in [0, 0.05) is 50.7 Å². The molecular weight excluding hydrogens is 386 g/mol. The topological polar surface area (TPSA) is 61.7 Å². The van der Waals surface area contributed by atoms with Crippen LogP contribution < -0.4 is 21.1 Å². The highest BCUT2D eigenvalue weighted by Gasteiger charge is 2.23. The number of aliphatic imine (C=N–C) groups is 1. The Morgan fingerprint density at radius 2 is 1.74 bits per heavy atom. The first-order chi connectivity index (χ1) is 15.2. The van der Waals surface area contributed by atoms with Gasteiger partial charge in [0.15, 0.2) is 5.96 Å². The molecule has 0 aliphatic carbocycles. The van der Waals surface area contributed by atoms with Gasteiger partial charge in [-0.15, -0.1) is 0 Å². The van der Waals surface area contributed by atoms with Crippen molar-refractivity contribution in [1.82, 2.24) is 15.2 Å². The second kappa shape index (κ2) is 9.98. The van der Waals surface area contributed by atoms with Gasteiger partial charge in [-0.1, -0.05) is 48.5 Å². The summed E-state index contributed by atoms with van der Waals surface area (Å²) in [4.78, 5) is 18.7. The van der Waals surface area contributed by atoms with E-state index in [0.717, 1.165) is 31.0 Å². The van der Waals surface area contributed by atoms with Crippen LogP contribution >= 0.6 is 0 Å². The number of hydrogen-bond donors (Lipinski definition) is 2. The fourth-order valence-electron chi connectivity index (χ4n) is 3.88. The van der Waals surface area contributed by atoms with Crippen LogP contribution in [0.25, 0.3) is 0 Å². The molecule has 2 N–H and O–H groups in total. The van der Waals surface area contributed by atoms with Crippen molar-refractivity contribution in [3.8, 4) is 0 Å². The van der Waals surface area contributed by atoms with Gasteiger partial charge < -0.3 is 20.1 Å². The first-order valence-corrected chi connectivity index (χ1v) is 10.7. The molecule has 160 valence electrons. The SMILES string of the molecule is CN=C(NCc1ccc(Cn2ccccc2=O)cc1)NC1CCN(c2ccccc2)C1. The second-order valence-electron chi connectivity index (χ2n) is 7.82. The van der Waals surface area contributed by atoms with E-state index in [1.807, 2.05) is 12.3 Å². The molecule has 0 bridgehead atoms. The molecule has 6 nitrogen and oxygen atoms in total. The molecule has 3 aromatic rings. The summed E-state index contributed by atoms with van der Waals surface area (Å²) in [5.41, 5.74) is 3.56. The van der Waals surface area contributed by atoms with E-state index in [-0.39, 0.29) is 5.56 Å². The lowest BCUT2D eigenvalue weighted by atomic mass is 10.1. The van der Waals surface area contributed by atoms with Gasteiger partial charge in [-0.05, 0) is 35.7 Å². The molecule has 1 aliphatic rings. The number of nitrogens with one attached hydrogen (secondary N) is 2. The quantitative estimate of drug-likeness (QED) is 0.480. The van der Waals surface area contributed by atoms with Crippen molar-refractivity contribution >= 4 is 11.6 Å². The Morgan fingerprint density at radius 1 is 1.00 bits per heavy atom. The minimum atomic E-state index is 0.0147. The zero-order valence-electron chi connectivity index (χ0n) is 17.9. The van der Waals surface area contributed by atoms with E-state index in [1.54, 1.807) is 23.7 Å². The molecule has 1 aliphatic heterocycles. The first kappa shape index (κ1) is 20.7. The van der Waals surface area contributed by atoms with Crippen molar-refractivity contribution in [3.63, 3.8) is 0 Å². The maximum absolute atomic E-state index is 11.9. The lowest BCUT2D eigenvalue weighted by Gasteiger charge is -2.20. The molecule has 1 aromatic heterocycles. The van der Waals surface area contributed by atoms with Gasteiger partial charge in [0.25, 0.3) is 5.56 Å². The van der Waals surface area contributed by atoms with E-state index < -0.39 is 0 Å². The minimum absolute atomic E-state index is 0.0147. The van der Waals surface area contributed by atoms with E-state index in [0.29, 0.717) is 19.1 Å². The van der Waals surface area contributed by atoms with Crippen LogP contribution in [-0.4, -0.2) is 36.7 Å². The van der Waals surface area contributed by atoms with Crippen molar-refractivity contribution in [2.24, 2.45) is 4.99 Å². The van der Waals surface area contributed by atoms with Gasteiger partial charge in [-0.2, -0.15) is 0 Å². The summed E-state index contributed by atoms with van der Waals surface area (Å²) >= 11 is 0. The highest BCUT2D eigenvalue weighted by atomic mass is 16.1. The zero-order chi connectivity index (χ0) is 21.5. The summed E-state index contributed by atoms with van der Waals surface area (Å²) in [5, 5.41) is 6.96. The molecule has 31 heavy (non-hydrogen) atoms. The number of aromatic nitrogens is 1. The van der Waals surface area contributed by atoms with Crippen molar-refractivity contribution in [2.45, 2.75) is 25.6 Å². The number of hydrogen-bond acceptors (Lipinski definition) is 3. The maximum Gasteiger partial charge on any atom is 0.250 e. The van der Waals surface area contributed by atoms with Crippen LogP contribution in [0.1, 0.15) is 17.5 Å². The molecule has 6 heteroatoms. The Balaban J connectivity index is 1.27. The molecule has 2 aromatic carbocycles. The minimum Gasteiger partial charge on any atom is -0.369 e. The normalized spacial score (nSPS) is 16.4. The maximum atomic E-state index is 11.9. The van der Waals surface area contributed by atoms with Gasteiger partial charge >= 0.3 is 0 Å². The fraction of sp³-hybridized carbons (Fsp3) is 0.280. The van der Waals surface area contributed by atoms with E-state index >= 15 is 0 Å². The predicted molar refractivity (Wildman–Crippen MR) is 127 cm³/mol. The lowest BCUT2D eigenvalue weighted by molar-refractivity contribution is 0.648. The highest BCUT2D eigenvalue weighted by Crippen LogP contribution is 2.19. The summed E-state index contributed by atoms with van der Waals surface area (Å²) in [6.07, 6.45) is 2.90. The first-order valence-electron chi connectivity index (χ1n) is 10.7. The Hall–Kier alpha value is -3.54. The molecule has 2 heterocycles. The number of anilines is 1. The molecule has 1 saturated heterocycles. The van der Waals surface area contributed by atoms with Crippen molar-refractivity contribution in [1.29, 1.82) is 0 Å². The molecule has 4 rings (SSSR count). The van der Waals surface area contributed by atoms with Crippen LogP contribution in [0, 0.1) is 0 Å². The van der Waals surface area contributed by atoms with E-state index in [1.165, 1.54) is 11.3 Å². The molecule has 1 unspecified atom stereocenters. The number of rotatable bonds is 6. The molecule has 1 atom stereocenters. The van der Waals surface area contributed by atoms with E-state index in [9.17, 15) is 4.79 Å². The molecule has 0 spiro atoms. The summed E-state index contributed by atoms with van der Waals surface area (Å²) in [7, 11) is 1.81. The van der Waals surface area contributed by atoms with Crippen LogP contribution in [0.2, 0.25) is 0 Å². The number of para-hydroxylation sites is 1. The van der Waals surface area contributed by atoms with Crippen molar-refractivity contribution < 1.29 is 0 Å². The average molecular weight is 416 g/mol. The smallest absolute Gasteiger partial charge is 0.250 e. The average Bonchev–Trinajstić information content (AvgIpc) is 3.28. The number of pyridine rings is 1. The Bertz CT molecular complexity index is 1060. The van der Waals surface area contributed by atoms with Crippen LogP contribution in [0.5, 0.6) is 0 Å². The highest BCUT2D eigenvalue weighted by molar-refractivity contribution is 5.80.